The first-order chi connectivity index (χ1) is 9.33. The molecule has 0 atom stereocenters. The van der Waals surface area contributed by atoms with Crippen molar-refractivity contribution in [1.29, 1.82) is 0 Å². The molecule has 1 nitrogen and oxygen atoms in total. The van der Waals surface area contributed by atoms with E-state index in [0.717, 1.165) is 22.5 Å². The second-order valence-electron chi connectivity index (χ2n) is 4.26. The van der Waals surface area contributed by atoms with E-state index in [1.807, 2.05) is 60.7 Å². The van der Waals surface area contributed by atoms with Crippen LogP contribution in [-0.2, 0) is 0 Å². The normalized spacial score (nSPS) is 10.3. The molecule has 0 saturated heterocycles. The Hall–Kier alpha value is -2.19. The van der Waals surface area contributed by atoms with Gasteiger partial charge in [-0.05, 0) is 29.4 Å². The molecular weight excluding hydrogens is 252 g/mol. The van der Waals surface area contributed by atoms with Crippen molar-refractivity contribution < 1.29 is 4.42 Å². The average molecular weight is 264 g/mol. The van der Waals surface area contributed by atoms with Crippen molar-refractivity contribution in [3.8, 4) is 22.5 Å². The third-order valence-corrected chi connectivity index (χ3v) is 3.14. The smallest absolute Gasteiger partial charge is 0.191 e. The molecule has 92 valence electrons. The summed E-state index contributed by atoms with van der Waals surface area (Å²) in [5.74, 6) is 0.798. The van der Waals surface area contributed by atoms with Crippen LogP contribution in [0.1, 0.15) is 0 Å². The highest BCUT2D eigenvalue weighted by Crippen LogP contribution is 2.26. The Kier molecular flexibility index (Phi) is 3.25. The number of benzene rings is 2. The maximum Gasteiger partial charge on any atom is 0.191 e. The van der Waals surface area contributed by atoms with Gasteiger partial charge in [0.25, 0.3) is 0 Å². The van der Waals surface area contributed by atoms with Crippen LogP contribution >= 0.6 is 12.2 Å². The molecule has 1 aromatic heterocycles. The third kappa shape index (κ3) is 2.64. The molecule has 0 spiro atoms. The minimum Gasteiger partial charge on any atom is -0.445 e. The van der Waals surface area contributed by atoms with Crippen molar-refractivity contribution in [2.75, 3.05) is 0 Å². The van der Waals surface area contributed by atoms with Crippen LogP contribution < -0.4 is 0 Å². The van der Waals surface area contributed by atoms with Gasteiger partial charge in [-0.3, -0.25) is 0 Å². The zero-order valence-electron chi connectivity index (χ0n) is 10.2. The van der Waals surface area contributed by atoms with Crippen LogP contribution in [-0.4, -0.2) is 0 Å². The first kappa shape index (κ1) is 11.9. The largest absolute Gasteiger partial charge is 0.445 e. The molecule has 0 aliphatic carbocycles. The van der Waals surface area contributed by atoms with E-state index >= 15 is 0 Å². The monoisotopic (exact) mass is 264 g/mol. The standard InChI is InChI=1S/C17H12OS/c19-17-12-15(13-7-3-1-4-8-13)11-16(18-17)14-9-5-2-6-10-14/h1-12H. The highest BCUT2D eigenvalue weighted by molar-refractivity contribution is 7.71. The van der Waals surface area contributed by atoms with E-state index in [9.17, 15) is 0 Å². The molecule has 2 aromatic carbocycles. The summed E-state index contributed by atoms with van der Waals surface area (Å²) in [7, 11) is 0. The Morgan fingerprint density at radius 1 is 0.632 bits per heavy atom. The SMILES string of the molecule is S=c1cc(-c2ccccc2)cc(-c2ccccc2)o1. The van der Waals surface area contributed by atoms with Gasteiger partial charge in [-0.1, -0.05) is 60.7 Å². The summed E-state index contributed by atoms with van der Waals surface area (Å²) >= 11 is 5.22. The molecule has 3 aromatic rings. The van der Waals surface area contributed by atoms with E-state index in [-0.39, 0.29) is 0 Å². The Balaban J connectivity index is 2.15. The summed E-state index contributed by atoms with van der Waals surface area (Å²) in [4.78, 5) is 0. The quantitative estimate of drug-likeness (QED) is 0.579. The molecule has 0 aliphatic heterocycles. The van der Waals surface area contributed by atoms with Crippen LogP contribution in [0, 0.1) is 4.71 Å². The van der Waals surface area contributed by atoms with Crippen LogP contribution in [0.4, 0.5) is 0 Å². The molecule has 0 N–H and O–H groups in total. The minimum atomic E-state index is 0.500. The van der Waals surface area contributed by atoms with Gasteiger partial charge in [0.05, 0.1) is 0 Å². The van der Waals surface area contributed by atoms with Crippen molar-refractivity contribution in [2.24, 2.45) is 0 Å². The molecule has 3 rings (SSSR count). The molecule has 0 bridgehead atoms. The lowest BCUT2D eigenvalue weighted by Gasteiger charge is -2.05. The predicted octanol–water partition coefficient (Wildman–Crippen LogP) is 5.34. The molecule has 1 heterocycles. The summed E-state index contributed by atoms with van der Waals surface area (Å²) in [6.07, 6.45) is 0. The molecule has 0 fully saturated rings. The number of hydrogen-bond donors (Lipinski definition) is 0. The van der Waals surface area contributed by atoms with Crippen molar-refractivity contribution in [3.63, 3.8) is 0 Å². The van der Waals surface area contributed by atoms with Crippen LogP contribution in [0.25, 0.3) is 22.5 Å². The number of rotatable bonds is 2. The molecule has 0 amide bonds. The van der Waals surface area contributed by atoms with Gasteiger partial charge in [0.15, 0.2) is 4.71 Å². The molecule has 0 unspecified atom stereocenters. The fourth-order valence-electron chi connectivity index (χ4n) is 2.02. The Morgan fingerprint density at radius 2 is 1.21 bits per heavy atom. The minimum absolute atomic E-state index is 0.500. The van der Waals surface area contributed by atoms with Crippen LogP contribution in [0.5, 0.6) is 0 Å². The van der Waals surface area contributed by atoms with Gasteiger partial charge in [-0.25, -0.2) is 0 Å². The molecular formula is C17H12OS. The fourth-order valence-corrected chi connectivity index (χ4v) is 2.24. The average Bonchev–Trinajstić information content (AvgIpc) is 2.48. The Bertz CT molecular complexity index is 669. The van der Waals surface area contributed by atoms with Gasteiger partial charge in [0, 0.05) is 11.6 Å². The summed E-state index contributed by atoms with van der Waals surface area (Å²) in [6.45, 7) is 0. The maximum absolute atomic E-state index is 5.64. The topological polar surface area (TPSA) is 13.1 Å². The van der Waals surface area contributed by atoms with E-state index in [2.05, 4.69) is 12.1 Å². The lowest BCUT2D eigenvalue weighted by Crippen LogP contribution is -1.82. The highest BCUT2D eigenvalue weighted by Gasteiger charge is 2.04. The summed E-state index contributed by atoms with van der Waals surface area (Å²) in [5.41, 5.74) is 3.25. The summed E-state index contributed by atoms with van der Waals surface area (Å²) < 4.78 is 6.14. The summed E-state index contributed by atoms with van der Waals surface area (Å²) in [5, 5.41) is 0. The first-order valence-corrected chi connectivity index (χ1v) is 6.50. The maximum atomic E-state index is 5.64. The first-order valence-electron chi connectivity index (χ1n) is 6.09. The van der Waals surface area contributed by atoms with Gasteiger partial charge in [0.2, 0.25) is 0 Å². The van der Waals surface area contributed by atoms with Crippen molar-refractivity contribution in [2.45, 2.75) is 0 Å². The molecule has 19 heavy (non-hydrogen) atoms. The second kappa shape index (κ2) is 5.21. The fraction of sp³-hybridized carbons (Fsp3) is 0. The third-order valence-electron chi connectivity index (χ3n) is 2.94. The van der Waals surface area contributed by atoms with Crippen molar-refractivity contribution in [1.82, 2.24) is 0 Å². The highest BCUT2D eigenvalue weighted by atomic mass is 32.1. The molecule has 0 radical (unpaired) electrons. The lowest BCUT2D eigenvalue weighted by molar-refractivity contribution is 0.550. The van der Waals surface area contributed by atoms with Gasteiger partial charge in [-0.2, -0.15) is 0 Å². The van der Waals surface area contributed by atoms with E-state index in [0.29, 0.717) is 4.71 Å². The summed E-state index contributed by atoms with van der Waals surface area (Å²) in [6, 6.07) is 24.1. The van der Waals surface area contributed by atoms with E-state index in [1.165, 1.54) is 0 Å². The van der Waals surface area contributed by atoms with E-state index in [4.69, 9.17) is 16.6 Å². The molecule has 0 saturated carbocycles. The Morgan fingerprint density at radius 3 is 1.84 bits per heavy atom. The lowest BCUT2D eigenvalue weighted by atomic mass is 10.0. The van der Waals surface area contributed by atoms with Crippen LogP contribution in [0.3, 0.4) is 0 Å². The van der Waals surface area contributed by atoms with Gasteiger partial charge in [-0.15, -0.1) is 0 Å². The Labute approximate surface area is 117 Å². The molecule has 2 heteroatoms. The second-order valence-corrected chi connectivity index (χ2v) is 4.66. The van der Waals surface area contributed by atoms with Gasteiger partial charge >= 0.3 is 0 Å². The van der Waals surface area contributed by atoms with Gasteiger partial charge < -0.3 is 4.42 Å². The number of hydrogen-bond acceptors (Lipinski definition) is 2. The van der Waals surface area contributed by atoms with E-state index < -0.39 is 0 Å². The van der Waals surface area contributed by atoms with Crippen molar-refractivity contribution >= 4 is 12.2 Å². The van der Waals surface area contributed by atoms with Gasteiger partial charge in [0.1, 0.15) is 5.76 Å². The predicted molar refractivity (Wildman–Crippen MR) is 80.4 cm³/mol. The van der Waals surface area contributed by atoms with Crippen LogP contribution in [0.15, 0.2) is 77.2 Å². The van der Waals surface area contributed by atoms with Crippen LogP contribution in [0.2, 0.25) is 0 Å². The zero-order valence-corrected chi connectivity index (χ0v) is 11.1. The molecule has 0 aliphatic rings. The van der Waals surface area contributed by atoms with E-state index in [1.54, 1.807) is 0 Å². The zero-order chi connectivity index (χ0) is 13.1. The van der Waals surface area contributed by atoms with Crippen molar-refractivity contribution in [3.05, 3.63) is 77.5 Å².